The van der Waals surface area contributed by atoms with Gasteiger partial charge in [0.1, 0.15) is 12.4 Å². The lowest BCUT2D eigenvalue weighted by Gasteiger charge is -2.23. The lowest BCUT2D eigenvalue weighted by atomic mass is 9.93. The Bertz CT molecular complexity index is 1230. The predicted octanol–water partition coefficient (Wildman–Crippen LogP) is 5.94. The zero-order valence-electron chi connectivity index (χ0n) is 22.8. The number of carboxylic acids is 1. The van der Waals surface area contributed by atoms with Crippen molar-refractivity contribution in [3.8, 4) is 5.75 Å². The van der Waals surface area contributed by atoms with Crippen molar-refractivity contribution in [2.24, 2.45) is 5.92 Å². The molecule has 0 spiro atoms. The van der Waals surface area contributed by atoms with Gasteiger partial charge in [-0.15, -0.1) is 0 Å². The van der Waals surface area contributed by atoms with E-state index in [1.807, 2.05) is 24.6 Å². The van der Waals surface area contributed by atoms with Crippen molar-refractivity contribution in [2.45, 2.75) is 80.0 Å². The maximum absolute atomic E-state index is 13.6. The molecular weight excluding hydrogens is 466 g/mol. The summed E-state index contributed by atoms with van der Waals surface area (Å²) in [4.78, 5) is 24.9. The number of carboxylic acid groups (broad SMARTS) is 1. The number of hydrogen-bond acceptors (Lipinski definition) is 4. The molecule has 1 unspecified atom stereocenters. The van der Waals surface area contributed by atoms with Gasteiger partial charge in [0.25, 0.3) is 5.91 Å². The van der Waals surface area contributed by atoms with Gasteiger partial charge >= 0.3 is 5.97 Å². The molecule has 0 aliphatic carbocycles. The molecular formula is C30H39N3O4. The molecule has 7 heteroatoms. The summed E-state index contributed by atoms with van der Waals surface area (Å²) in [6, 6.07) is 13.5. The summed E-state index contributed by atoms with van der Waals surface area (Å²) in [5.41, 5.74) is 6.37. The summed E-state index contributed by atoms with van der Waals surface area (Å²) in [6.45, 7) is 13.4. The van der Waals surface area contributed by atoms with Gasteiger partial charge in [0.15, 0.2) is 0 Å². The van der Waals surface area contributed by atoms with Gasteiger partial charge in [-0.2, -0.15) is 5.10 Å². The number of carbonyl (C=O) groups is 2. The van der Waals surface area contributed by atoms with Crippen LogP contribution in [0.5, 0.6) is 5.75 Å². The van der Waals surface area contributed by atoms with Crippen LogP contribution in [0.3, 0.4) is 0 Å². The van der Waals surface area contributed by atoms with Crippen LogP contribution in [0.2, 0.25) is 0 Å². The Hall–Kier alpha value is -3.61. The van der Waals surface area contributed by atoms with Crippen molar-refractivity contribution in [3.63, 3.8) is 0 Å². The van der Waals surface area contributed by atoms with E-state index in [1.165, 1.54) is 0 Å². The van der Waals surface area contributed by atoms with Gasteiger partial charge in [-0.05, 0) is 75.8 Å². The third-order valence-corrected chi connectivity index (χ3v) is 6.26. The Morgan fingerprint density at radius 1 is 1.05 bits per heavy atom. The molecule has 1 amide bonds. The van der Waals surface area contributed by atoms with Crippen molar-refractivity contribution >= 4 is 11.9 Å². The van der Waals surface area contributed by atoms with Crippen molar-refractivity contribution in [3.05, 3.63) is 81.7 Å². The topological polar surface area (TPSA) is 93.5 Å². The highest BCUT2D eigenvalue weighted by Crippen LogP contribution is 2.26. The van der Waals surface area contributed by atoms with Crippen molar-refractivity contribution < 1.29 is 19.4 Å². The van der Waals surface area contributed by atoms with Crippen molar-refractivity contribution in [2.75, 3.05) is 0 Å². The van der Waals surface area contributed by atoms with Crippen LogP contribution in [0, 0.1) is 26.7 Å². The van der Waals surface area contributed by atoms with E-state index in [2.05, 4.69) is 56.3 Å². The highest BCUT2D eigenvalue weighted by molar-refractivity contribution is 5.96. The fourth-order valence-electron chi connectivity index (χ4n) is 4.66. The molecule has 0 bridgehead atoms. The molecule has 198 valence electrons. The minimum absolute atomic E-state index is 0.0536. The van der Waals surface area contributed by atoms with E-state index < -0.39 is 5.97 Å². The van der Waals surface area contributed by atoms with Gasteiger partial charge in [-0.1, -0.05) is 49.2 Å². The number of nitrogens with zero attached hydrogens (tertiary/aromatic N) is 2. The first-order valence-electron chi connectivity index (χ1n) is 13.0. The molecule has 0 saturated carbocycles. The summed E-state index contributed by atoms with van der Waals surface area (Å²) in [7, 11) is 0. The van der Waals surface area contributed by atoms with Crippen molar-refractivity contribution in [1.82, 2.24) is 15.1 Å². The zero-order valence-corrected chi connectivity index (χ0v) is 22.8. The van der Waals surface area contributed by atoms with Crippen LogP contribution in [-0.2, 0) is 24.4 Å². The highest BCUT2D eigenvalue weighted by Gasteiger charge is 2.21. The van der Waals surface area contributed by atoms with Crippen molar-refractivity contribution in [1.29, 1.82) is 0 Å². The fraction of sp³-hybridized carbons (Fsp3) is 0.433. The van der Waals surface area contributed by atoms with Crippen LogP contribution in [0.15, 0.2) is 42.5 Å². The number of amides is 1. The number of aryl methyl sites for hydroxylation is 5. The minimum Gasteiger partial charge on any atom is -0.487 e. The highest BCUT2D eigenvalue weighted by atomic mass is 16.5. The van der Waals surface area contributed by atoms with E-state index in [0.717, 1.165) is 41.0 Å². The van der Waals surface area contributed by atoms with Crippen LogP contribution in [0.1, 0.15) is 83.7 Å². The molecule has 0 aliphatic heterocycles. The third kappa shape index (κ3) is 7.94. The number of ether oxygens (including phenoxy) is 1. The Labute approximate surface area is 219 Å². The lowest BCUT2D eigenvalue weighted by Crippen LogP contribution is -2.30. The number of rotatable bonds is 12. The Morgan fingerprint density at radius 2 is 1.76 bits per heavy atom. The average molecular weight is 506 g/mol. The van der Waals surface area contributed by atoms with Gasteiger partial charge in [-0.3, -0.25) is 14.3 Å². The molecule has 0 saturated heterocycles. The molecule has 1 heterocycles. The first-order valence-corrected chi connectivity index (χ1v) is 13.0. The number of hydrogen-bond donors (Lipinski definition) is 2. The maximum Gasteiger partial charge on any atom is 0.303 e. The number of aliphatic carboxylic acids is 1. The molecule has 7 nitrogen and oxygen atoms in total. The van der Waals surface area contributed by atoms with E-state index in [9.17, 15) is 14.7 Å². The number of nitrogens with one attached hydrogen (secondary N) is 1. The minimum atomic E-state index is -0.900. The second kappa shape index (κ2) is 12.6. The Morgan fingerprint density at radius 3 is 2.38 bits per heavy atom. The normalized spacial score (nSPS) is 12.0. The summed E-state index contributed by atoms with van der Waals surface area (Å²) < 4.78 is 7.94. The van der Waals surface area contributed by atoms with E-state index in [4.69, 9.17) is 4.74 Å². The van der Waals surface area contributed by atoms with Gasteiger partial charge in [0.05, 0.1) is 17.4 Å². The predicted molar refractivity (Wildman–Crippen MR) is 145 cm³/mol. The molecule has 0 radical (unpaired) electrons. The van der Waals surface area contributed by atoms with E-state index in [-0.39, 0.29) is 24.8 Å². The summed E-state index contributed by atoms with van der Waals surface area (Å²) in [5.74, 6) is -0.204. The second-order valence-electron chi connectivity index (χ2n) is 10.2. The molecule has 37 heavy (non-hydrogen) atoms. The summed E-state index contributed by atoms with van der Waals surface area (Å²) in [5, 5.41) is 16.9. The molecule has 0 aliphatic rings. The lowest BCUT2D eigenvalue weighted by molar-refractivity contribution is -0.136. The number of benzene rings is 2. The maximum atomic E-state index is 13.6. The van der Waals surface area contributed by atoms with E-state index >= 15 is 0 Å². The summed E-state index contributed by atoms with van der Waals surface area (Å²) >= 11 is 0. The van der Waals surface area contributed by atoms with E-state index in [1.54, 1.807) is 18.2 Å². The van der Waals surface area contributed by atoms with Crippen LogP contribution in [0.4, 0.5) is 0 Å². The van der Waals surface area contributed by atoms with Crippen LogP contribution in [0.25, 0.3) is 0 Å². The monoisotopic (exact) mass is 505 g/mol. The molecule has 1 aromatic heterocycles. The van der Waals surface area contributed by atoms with Crippen LogP contribution >= 0.6 is 0 Å². The first kappa shape index (κ1) is 28.0. The molecule has 0 fully saturated rings. The smallest absolute Gasteiger partial charge is 0.303 e. The average Bonchev–Trinajstić information content (AvgIpc) is 3.19. The molecule has 3 aromatic rings. The first-order chi connectivity index (χ1) is 17.5. The SMILES string of the molecule is CCn1nc(C)cc1COc1ccc(CCC(=O)O)c(C(=O)NC(CC(C)C)c2cc(C)cc(C)c2)c1. The number of aromatic nitrogens is 2. The third-order valence-electron chi connectivity index (χ3n) is 6.26. The van der Waals surface area contributed by atoms with E-state index in [0.29, 0.717) is 29.4 Å². The number of carbonyl (C=O) groups excluding carboxylic acids is 1. The standard InChI is InChI=1S/C30H39N3O4/c1-7-33-25(16-22(6)32-33)18-37-26-10-8-23(9-11-29(34)35)27(17-26)30(36)31-28(12-19(2)3)24-14-20(4)13-21(5)15-24/h8,10,13-17,19,28H,7,9,11-12,18H2,1-6H3,(H,31,36)(H,34,35). The van der Waals surface area contributed by atoms with Gasteiger partial charge in [-0.25, -0.2) is 0 Å². The molecule has 3 rings (SSSR count). The molecule has 2 N–H and O–H groups in total. The van der Waals surface area contributed by atoms with Gasteiger partial charge in [0.2, 0.25) is 0 Å². The zero-order chi connectivity index (χ0) is 27.1. The second-order valence-corrected chi connectivity index (χ2v) is 10.2. The fourth-order valence-corrected chi connectivity index (χ4v) is 4.66. The quantitative estimate of drug-likeness (QED) is 0.318. The van der Waals surface area contributed by atoms with Gasteiger partial charge in [0, 0.05) is 18.5 Å². The van der Waals surface area contributed by atoms with Gasteiger partial charge < -0.3 is 15.2 Å². The largest absolute Gasteiger partial charge is 0.487 e. The Balaban J connectivity index is 1.89. The molecule has 1 atom stereocenters. The van der Waals surface area contributed by atoms with Crippen LogP contribution < -0.4 is 10.1 Å². The van der Waals surface area contributed by atoms with Crippen LogP contribution in [-0.4, -0.2) is 26.8 Å². The molecule has 2 aromatic carbocycles. The Kier molecular flexibility index (Phi) is 9.50. The summed E-state index contributed by atoms with van der Waals surface area (Å²) in [6.07, 6.45) is 0.996.